The molecule has 1 unspecified atom stereocenters. The van der Waals surface area contributed by atoms with E-state index in [-0.39, 0.29) is 45.3 Å². The SMILES string of the molecule is CC1CN(C(=O)O)CCN(C(=O)O)CCN(C(=O)O)CCN1C. The van der Waals surface area contributed by atoms with Gasteiger partial charge in [0.15, 0.2) is 0 Å². The number of nitrogens with zero attached hydrogens (tertiary/aromatic N) is 4. The van der Waals surface area contributed by atoms with Crippen LogP contribution in [0.5, 0.6) is 0 Å². The molecule has 0 spiro atoms. The van der Waals surface area contributed by atoms with Gasteiger partial charge >= 0.3 is 18.3 Å². The normalized spacial score (nSPS) is 22.2. The molecule has 0 aromatic rings. The van der Waals surface area contributed by atoms with Gasteiger partial charge in [-0.25, -0.2) is 14.4 Å². The van der Waals surface area contributed by atoms with E-state index < -0.39 is 18.3 Å². The number of carbonyl (C=O) groups is 3. The van der Waals surface area contributed by atoms with Gasteiger partial charge in [-0.2, -0.15) is 0 Å². The summed E-state index contributed by atoms with van der Waals surface area (Å²) in [7, 11) is 1.81. The fourth-order valence-corrected chi connectivity index (χ4v) is 2.31. The van der Waals surface area contributed by atoms with E-state index in [1.807, 2.05) is 11.8 Å². The molecule has 3 N–H and O–H groups in total. The molecule has 10 heteroatoms. The first kappa shape index (κ1) is 18.8. The van der Waals surface area contributed by atoms with Gasteiger partial charge in [0.2, 0.25) is 0 Å². The number of hydrogen-bond acceptors (Lipinski definition) is 4. The maximum Gasteiger partial charge on any atom is 0.407 e. The summed E-state index contributed by atoms with van der Waals surface area (Å²) in [6.45, 7) is 2.86. The lowest BCUT2D eigenvalue weighted by molar-refractivity contribution is 0.0918. The molecule has 0 radical (unpaired) electrons. The molecule has 132 valence electrons. The monoisotopic (exact) mass is 332 g/mol. The van der Waals surface area contributed by atoms with Gasteiger partial charge in [0.25, 0.3) is 0 Å². The zero-order chi connectivity index (χ0) is 17.6. The predicted octanol–water partition coefficient (Wildman–Crippen LogP) is 0.260. The van der Waals surface area contributed by atoms with Crippen molar-refractivity contribution < 1.29 is 29.7 Å². The Hall–Kier alpha value is -2.23. The van der Waals surface area contributed by atoms with Gasteiger partial charge in [-0.15, -0.1) is 0 Å². The van der Waals surface area contributed by atoms with Gasteiger partial charge in [0.05, 0.1) is 0 Å². The van der Waals surface area contributed by atoms with Crippen molar-refractivity contribution in [3.8, 4) is 0 Å². The average Bonchev–Trinajstić information content (AvgIpc) is 2.45. The van der Waals surface area contributed by atoms with E-state index in [1.54, 1.807) is 7.05 Å². The molecule has 0 aliphatic carbocycles. The molecule has 1 rings (SSSR count). The minimum absolute atomic E-state index is 0.00548. The Bertz CT molecular complexity index is 446. The molecule has 1 heterocycles. The first-order valence-corrected chi connectivity index (χ1v) is 7.36. The maximum atomic E-state index is 11.3. The zero-order valence-electron chi connectivity index (χ0n) is 13.4. The van der Waals surface area contributed by atoms with E-state index in [0.29, 0.717) is 6.54 Å². The van der Waals surface area contributed by atoms with Crippen LogP contribution in [-0.4, -0.2) is 112 Å². The Kier molecular flexibility index (Phi) is 6.89. The van der Waals surface area contributed by atoms with Gasteiger partial charge in [-0.3, -0.25) is 0 Å². The highest BCUT2D eigenvalue weighted by Crippen LogP contribution is 2.05. The summed E-state index contributed by atoms with van der Waals surface area (Å²) in [4.78, 5) is 39.1. The third-order valence-electron chi connectivity index (χ3n) is 4.05. The van der Waals surface area contributed by atoms with Crippen molar-refractivity contribution >= 4 is 18.3 Å². The topological polar surface area (TPSA) is 125 Å². The van der Waals surface area contributed by atoms with E-state index >= 15 is 0 Å². The second-order valence-corrected chi connectivity index (χ2v) is 5.60. The number of rotatable bonds is 0. The first-order chi connectivity index (χ1) is 10.7. The van der Waals surface area contributed by atoms with Gasteiger partial charge in [0, 0.05) is 51.9 Å². The van der Waals surface area contributed by atoms with E-state index in [1.165, 1.54) is 9.80 Å². The van der Waals surface area contributed by atoms with Crippen LogP contribution in [0.2, 0.25) is 0 Å². The van der Waals surface area contributed by atoms with Gasteiger partial charge in [-0.1, -0.05) is 0 Å². The Morgan fingerprint density at radius 1 is 0.739 bits per heavy atom. The Morgan fingerprint density at radius 3 is 1.48 bits per heavy atom. The second-order valence-electron chi connectivity index (χ2n) is 5.60. The molecule has 10 nitrogen and oxygen atoms in total. The quantitative estimate of drug-likeness (QED) is 0.581. The lowest BCUT2D eigenvalue weighted by atomic mass is 10.2. The summed E-state index contributed by atoms with van der Waals surface area (Å²) in [5.74, 6) is 0. The number of likely N-dealkylation sites (N-methyl/N-ethyl adjacent to an activating group) is 1. The highest BCUT2D eigenvalue weighted by molar-refractivity contribution is 5.67. The van der Waals surface area contributed by atoms with Crippen LogP contribution in [0.3, 0.4) is 0 Å². The van der Waals surface area contributed by atoms with Crippen molar-refractivity contribution in [2.24, 2.45) is 0 Å². The van der Waals surface area contributed by atoms with Crippen molar-refractivity contribution in [1.82, 2.24) is 19.6 Å². The summed E-state index contributed by atoms with van der Waals surface area (Å²) in [5, 5.41) is 27.6. The largest absolute Gasteiger partial charge is 0.465 e. The molecular formula is C13H24N4O6. The first-order valence-electron chi connectivity index (χ1n) is 7.36. The van der Waals surface area contributed by atoms with Crippen LogP contribution in [0.15, 0.2) is 0 Å². The molecule has 0 saturated carbocycles. The smallest absolute Gasteiger partial charge is 0.407 e. The lowest BCUT2D eigenvalue weighted by Crippen LogP contribution is -2.50. The Morgan fingerprint density at radius 2 is 1.09 bits per heavy atom. The van der Waals surface area contributed by atoms with E-state index in [4.69, 9.17) is 0 Å². The highest BCUT2D eigenvalue weighted by Gasteiger charge is 2.23. The molecular weight excluding hydrogens is 308 g/mol. The summed E-state index contributed by atoms with van der Waals surface area (Å²) >= 11 is 0. The van der Waals surface area contributed by atoms with Crippen LogP contribution in [0, 0.1) is 0 Å². The van der Waals surface area contributed by atoms with Crippen molar-refractivity contribution in [3.05, 3.63) is 0 Å². The molecule has 0 bridgehead atoms. The molecule has 0 aromatic carbocycles. The fraction of sp³-hybridized carbons (Fsp3) is 0.769. The third kappa shape index (κ3) is 5.81. The average molecular weight is 332 g/mol. The fourth-order valence-electron chi connectivity index (χ4n) is 2.31. The molecule has 3 amide bonds. The third-order valence-corrected chi connectivity index (χ3v) is 4.05. The van der Waals surface area contributed by atoms with Crippen molar-refractivity contribution in [2.45, 2.75) is 13.0 Å². The summed E-state index contributed by atoms with van der Waals surface area (Å²) < 4.78 is 0. The van der Waals surface area contributed by atoms with Gasteiger partial charge in [-0.05, 0) is 14.0 Å². The molecule has 23 heavy (non-hydrogen) atoms. The van der Waals surface area contributed by atoms with Crippen molar-refractivity contribution in [2.75, 3.05) is 52.9 Å². The zero-order valence-corrected chi connectivity index (χ0v) is 13.4. The van der Waals surface area contributed by atoms with E-state index in [9.17, 15) is 29.7 Å². The van der Waals surface area contributed by atoms with Crippen LogP contribution in [0.25, 0.3) is 0 Å². The van der Waals surface area contributed by atoms with Crippen LogP contribution in [0.4, 0.5) is 14.4 Å². The van der Waals surface area contributed by atoms with Crippen LogP contribution in [-0.2, 0) is 0 Å². The van der Waals surface area contributed by atoms with Crippen molar-refractivity contribution in [1.29, 1.82) is 0 Å². The molecule has 1 fully saturated rings. The van der Waals surface area contributed by atoms with Crippen LogP contribution < -0.4 is 0 Å². The predicted molar refractivity (Wildman–Crippen MR) is 80.9 cm³/mol. The second kappa shape index (κ2) is 8.42. The van der Waals surface area contributed by atoms with E-state index in [0.717, 1.165) is 4.90 Å². The lowest BCUT2D eigenvalue weighted by Gasteiger charge is -2.33. The molecule has 1 saturated heterocycles. The Balaban J connectivity index is 2.89. The molecule has 1 atom stereocenters. The number of amides is 3. The summed E-state index contributed by atoms with van der Waals surface area (Å²) in [6.07, 6.45) is -3.39. The highest BCUT2D eigenvalue weighted by atomic mass is 16.4. The minimum atomic E-state index is -1.19. The summed E-state index contributed by atoms with van der Waals surface area (Å²) in [5.41, 5.74) is 0. The molecule has 0 aromatic heterocycles. The van der Waals surface area contributed by atoms with Crippen molar-refractivity contribution in [3.63, 3.8) is 0 Å². The summed E-state index contributed by atoms with van der Waals surface area (Å²) in [6, 6.07) is -0.112. The van der Waals surface area contributed by atoms with E-state index in [2.05, 4.69) is 0 Å². The van der Waals surface area contributed by atoms with Gasteiger partial charge in [0.1, 0.15) is 0 Å². The molecule has 1 aliphatic heterocycles. The molecule has 1 aliphatic rings. The standard InChI is InChI=1S/C13H24N4O6/c1-10-9-17(13(22)23)8-7-16(12(20)21)6-5-15(11(18)19)4-3-14(10)2/h10H,3-9H2,1-2H3,(H,18,19)(H,20,21)(H,22,23). The van der Waals surface area contributed by atoms with Crippen LogP contribution in [0.1, 0.15) is 6.92 Å². The number of carboxylic acid groups (broad SMARTS) is 3. The van der Waals surface area contributed by atoms with Crippen LogP contribution >= 0.6 is 0 Å². The minimum Gasteiger partial charge on any atom is -0.465 e. The van der Waals surface area contributed by atoms with Gasteiger partial charge < -0.3 is 34.9 Å². The Labute approximate surface area is 134 Å². The number of hydrogen-bond donors (Lipinski definition) is 3. The maximum absolute atomic E-state index is 11.3.